The molecule has 1 aliphatic heterocycles. The minimum absolute atomic E-state index is 0.0307. The van der Waals surface area contributed by atoms with E-state index < -0.39 is 0 Å². The van der Waals surface area contributed by atoms with Crippen LogP contribution in [0.2, 0.25) is 0 Å². The molecule has 2 aliphatic rings. The number of nitrogens with two attached hydrogens (primary N) is 1. The van der Waals surface area contributed by atoms with Gasteiger partial charge in [0.25, 0.3) is 0 Å². The second-order valence-corrected chi connectivity index (χ2v) is 4.82. The summed E-state index contributed by atoms with van der Waals surface area (Å²) in [5, 5.41) is 0. The van der Waals surface area contributed by atoms with Crippen LogP contribution < -0.4 is 19.9 Å². The molecule has 4 nitrogen and oxygen atoms in total. The van der Waals surface area contributed by atoms with Gasteiger partial charge in [-0.15, -0.1) is 0 Å². The van der Waals surface area contributed by atoms with Crippen molar-refractivity contribution in [3.05, 3.63) is 17.7 Å². The number of ether oxygens (including phenoxy) is 3. The maximum atomic E-state index is 6.15. The standard InChI is InChI=1S/C13H17NO3/c1-15-11-9(8-13(14)4-5-13)2-3-10-12(11)17-7-6-16-10/h2-3H,4-8,14H2,1H3. The van der Waals surface area contributed by atoms with Crippen molar-refractivity contribution in [1.82, 2.24) is 0 Å². The van der Waals surface area contributed by atoms with Gasteiger partial charge in [0.15, 0.2) is 11.5 Å². The highest BCUT2D eigenvalue weighted by molar-refractivity contribution is 5.56. The van der Waals surface area contributed by atoms with E-state index in [-0.39, 0.29) is 5.54 Å². The maximum Gasteiger partial charge on any atom is 0.203 e. The van der Waals surface area contributed by atoms with E-state index in [0.717, 1.165) is 42.1 Å². The van der Waals surface area contributed by atoms with E-state index in [4.69, 9.17) is 19.9 Å². The molecule has 0 bridgehead atoms. The van der Waals surface area contributed by atoms with Gasteiger partial charge in [0.05, 0.1) is 7.11 Å². The lowest BCUT2D eigenvalue weighted by atomic mass is 10.0. The largest absolute Gasteiger partial charge is 0.492 e. The Kier molecular flexibility index (Phi) is 2.40. The number of rotatable bonds is 3. The lowest BCUT2D eigenvalue weighted by Crippen LogP contribution is -2.25. The Labute approximate surface area is 101 Å². The molecular weight excluding hydrogens is 218 g/mol. The Morgan fingerprint density at radius 2 is 2.06 bits per heavy atom. The minimum Gasteiger partial charge on any atom is -0.492 e. The molecule has 0 saturated heterocycles. The van der Waals surface area contributed by atoms with Crippen molar-refractivity contribution in [3.8, 4) is 17.2 Å². The van der Waals surface area contributed by atoms with Gasteiger partial charge in [0.2, 0.25) is 5.75 Å². The van der Waals surface area contributed by atoms with Gasteiger partial charge < -0.3 is 19.9 Å². The van der Waals surface area contributed by atoms with E-state index in [1.165, 1.54) is 0 Å². The molecule has 1 saturated carbocycles. The van der Waals surface area contributed by atoms with Crippen LogP contribution in [0.1, 0.15) is 18.4 Å². The number of hydrogen-bond acceptors (Lipinski definition) is 4. The molecule has 0 atom stereocenters. The van der Waals surface area contributed by atoms with Crippen LogP contribution in [0.15, 0.2) is 12.1 Å². The van der Waals surface area contributed by atoms with Crippen molar-refractivity contribution >= 4 is 0 Å². The zero-order chi connectivity index (χ0) is 11.9. The predicted molar refractivity (Wildman–Crippen MR) is 63.8 cm³/mol. The van der Waals surface area contributed by atoms with Gasteiger partial charge >= 0.3 is 0 Å². The first-order chi connectivity index (χ1) is 8.22. The Bertz CT molecular complexity index is 441. The third kappa shape index (κ3) is 1.93. The third-order valence-electron chi connectivity index (χ3n) is 3.38. The fraction of sp³-hybridized carbons (Fsp3) is 0.538. The molecule has 0 amide bonds. The average molecular weight is 235 g/mol. The average Bonchev–Trinajstić information content (AvgIpc) is 3.07. The van der Waals surface area contributed by atoms with Crippen molar-refractivity contribution in [2.75, 3.05) is 20.3 Å². The van der Waals surface area contributed by atoms with Crippen LogP contribution in [-0.4, -0.2) is 25.9 Å². The molecule has 1 aliphatic carbocycles. The molecule has 0 aromatic heterocycles. The summed E-state index contributed by atoms with van der Waals surface area (Å²) in [5.41, 5.74) is 7.23. The second kappa shape index (κ2) is 3.81. The van der Waals surface area contributed by atoms with Gasteiger partial charge in [0, 0.05) is 11.1 Å². The Morgan fingerprint density at radius 3 is 2.76 bits per heavy atom. The van der Waals surface area contributed by atoms with Crippen LogP contribution in [0.5, 0.6) is 17.2 Å². The van der Waals surface area contributed by atoms with Crippen LogP contribution in [0, 0.1) is 0 Å². The van der Waals surface area contributed by atoms with E-state index in [2.05, 4.69) is 0 Å². The summed E-state index contributed by atoms with van der Waals surface area (Å²) < 4.78 is 16.6. The summed E-state index contributed by atoms with van der Waals surface area (Å²) in [6, 6.07) is 3.97. The van der Waals surface area contributed by atoms with E-state index in [1.54, 1.807) is 7.11 Å². The Balaban J connectivity index is 1.97. The lowest BCUT2D eigenvalue weighted by molar-refractivity contribution is 0.164. The van der Waals surface area contributed by atoms with Crippen molar-refractivity contribution in [3.63, 3.8) is 0 Å². The molecule has 0 radical (unpaired) electrons. The van der Waals surface area contributed by atoms with Crippen molar-refractivity contribution in [2.24, 2.45) is 5.73 Å². The van der Waals surface area contributed by atoms with E-state index >= 15 is 0 Å². The van der Waals surface area contributed by atoms with Crippen LogP contribution in [0.4, 0.5) is 0 Å². The SMILES string of the molecule is COc1c(CC2(N)CC2)ccc2c1OCCO2. The smallest absolute Gasteiger partial charge is 0.203 e. The fourth-order valence-electron chi connectivity index (χ4n) is 2.21. The predicted octanol–water partition coefficient (Wildman–Crippen LogP) is 1.50. The van der Waals surface area contributed by atoms with E-state index in [1.807, 2.05) is 12.1 Å². The summed E-state index contributed by atoms with van der Waals surface area (Å²) in [6.45, 7) is 1.16. The van der Waals surface area contributed by atoms with Crippen molar-refractivity contribution in [2.45, 2.75) is 24.8 Å². The first kappa shape index (κ1) is 10.7. The molecule has 3 rings (SSSR count). The van der Waals surface area contributed by atoms with Gasteiger partial charge in [-0.1, -0.05) is 6.07 Å². The zero-order valence-corrected chi connectivity index (χ0v) is 9.99. The number of hydrogen-bond donors (Lipinski definition) is 1. The van der Waals surface area contributed by atoms with Crippen LogP contribution >= 0.6 is 0 Å². The van der Waals surface area contributed by atoms with Crippen molar-refractivity contribution in [1.29, 1.82) is 0 Å². The Morgan fingerprint density at radius 1 is 1.29 bits per heavy atom. The van der Waals surface area contributed by atoms with Gasteiger partial charge in [0.1, 0.15) is 13.2 Å². The number of fused-ring (bicyclic) bond motifs is 1. The van der Waals surface area contributed by atoms with Crippen LogP contribution in [-0.2, 0) is 6.42 Å². The fourth-order valence-corrected chi connectivity index (χ4v) is 2.21. The molecule has 1 fully saturated rings. The van der Waals surface area contributed by atoms with Gasteiger partial charge in [-0.3, -0.25) is 0 Å². The topological polar surface area (TPSA) is 53.7 Å². The van der Waals surface area contributed by atoms with Gasteiger partial charge in [-0.05, 0) is 25.3 Å². The molecule has 92 valence electrons. The Hall–Kier alpha value is -1.42. The highest BCUT2D eigenvalue weighted by atomic mass is 16.6. The minimum atomic E-state index is -0.0307. The lowest BCUT2D eigenvalue weighted by Gasteiger charge is -2.23. The summed E-state index contributed by atoms with van der Waals surface area (Å²) in [6.07, 6.45) is 3.02. The molecule has 1 aromatic carbocycles. The van der Waals surface area contributed by atoms with E-state index in [9.17, 15) is 0 Å². The third-order valence-corrected chi connectivity index (χ3v) is 3.38. The van der Waals surface area contributed by atoms with E-state index in [0.29, 0.717) is 13.2 Å². The molecule has 1 heterocycles. The van der Waals surface area contributed by atoms with Gasteiger partial charge in [-0.25, -0.2) is 0 Å². The summed E-state index contributed by atoms with van der Waals surface area (Å²) in [5.74, 6) is 2.26. The molecule has 2 N–H and O–H groups in total. The molecule has 0 spiro atoms. The van der Waals surface area contributed by atoms with Crippen molar-refractivity contribution < 1.29 is 14.2 Å². The monoisotopic (exact) mass is 235 g/mol. The summed E-state index contributed by atoms with van der Waals surface area (Å²) in [7, 11) is 1.66. The molecular formula is C13H17NO3. The highest BCUT2D eigenvalue weighted by Gasteiger charge is 2.39. The first-order valence-corrected chi connectivity index (χ1v) is 5.96. The molecule has 1 aromatic rings. The quantitative estimate of drug-likeness (QED) is 0.862. The van der Waals surface area contributed by atoms with Crippen LogP contribution in [0.3, 0.4) is 0 Å². The first-order valence-electron chi connectivity index (χ1n) is 5.96. The number of methoxy groups -OCH3 is 1. The van der Waals surface area contributed by atoms with Gasteiger partial charge in [-0.2, -0.15) is 0 Å². The highest BCUT2D eigenvalue weighted by Crippen LogP contribution is 2.45. The normalized spacial score (nSPS) is 19.9. The summed E-state index contributed by atoms with van der Waals surface area (Å²) in [4.78, 5) is 0. The molecule has 17 heavy (non-hydrogen) atoms. The number of benzene rings is 1. The molecule has 0 unspecified atom stereocenters. The summed E-state index contributed by atoms with van der Waals surface area (Å²) >= 11 is 0. The second-order valence-electron chi connectivity index (χ2n) is 4.82. The molecule has 4 heteroatoms. The maximum absolute atomic E-state index is 6.15. The zero-order valence-electron chi connectivity index (χ0n) is 9.99. The van der Waals surface area contributed by atoms with Crippen LogP contribution in [0.25, 0.3) is 0 Å².